The minimum absolute atomic E-state index is 0.0294. The van der Waals surface area contributed by atoms with Crippen molar-refractivity contribution in [2.45, 2.75) is 6.43 Å². The van der Waals surface area contributed by atoms with Gasteiger partial charge in [0.2, 0.25) is 0 Å². The summed E-state index contributed by atoms with van der Waals surface area (Å²) in [4.78, 5) is 11.2. The molecule has 1 heterocycles. The molecule has 1 aromatic carbocycles. The third-order valence-corrected chi connectivity index (χ3v) is 2.58. The van der Waals surface area contributed by atoms with Gasteiger partial charge < -0.3 is 15.2 Å². The van der Waals surface area contributed by atoms with Crippen molar-refractivity contribution in [2.75, 3.05) is 13.7 Å². The maximum absolute atomic E-state index is 12.2. The average molecular weight is 298 g/mol. The zero-order valence-corrected chi connectivity index (χ0v) is 11.0. The molecule has 0 bridgehead atoms. The van der Waals surface area contributed by atoms with Crippen molar-refractivity contribution in [3.05, 3.63) is 23.9 Å². The van der Waals surface area contributed by atoms with Crippen LogP contribution in [0.5, 0.6) is 11.5 Å². The van der Waals surface area contributed by atoms with Crippen molar-refractivity contribution in [1.82, 2.24) is 15.4 Å². The summed E-state index contributed by atoms with van der Waals surface area (Å²) in [5.74, 6) is -0.354. The zero-order chi connectivity index (χ0) is 15.4. The molecule has 1 amide bonds. The second-order valence-corrected chi connectivity index (χ2v) is 3.95. The Kier molecular flexibility index (Phi) is 4.31. The molecule has 0 saturated heterocycles. The Morgan fingerprint density at radius 1 is 1.38 bits per heavy atom. The molecule has 9 heteroatoms. The van der Waals surface area contributed by atoms with E-state index in [1.165, 1.54) is 25.3 Å². The Labute approximate surface area is 118 Å². The fourth-order valence-electron chi connectivity index (χ4n) is 1.69. The summed E-state index contributed by atoms with van der Waals surface area (Å²) in [6.45, 7) is -0.744. The van der Waals surface area contributed by atoms with E-state index in [1.807, 2.05) is 0 Å². The van der Waals surface area contributed by atoms with Gasteiger partial charge in [0, 0.05) is 5.56 Å². The van der Waals surface area contributed by atoms with Crippen LogP contribution in [0.2, 0.25) is 0 Å². The number of halogens is 2. The van der Waals surface area contributed by atoms with Crippen LogP contribution in [0.4, 0.5) is 8.78 Å². The number of alkyl halides is 2. The van der Waals surface area contributed by atoms with Gasteiger partial charge in [-0.2, -0.15) is 15.4 Å². The first-order chi connectivity index (χ1) is 10.0. The Hall–Kier alpha value is -2.71. The lowest BCUT2D eigenvalue weighted by Gasteiger charge is -2.11. The molecule has 7 nitrogen and oxygen atoms in total. The number of H-pyrrole nitrogens is 1. The summed E-state index contributed by atoms with van der Waals surface area (Å²) in [7, 11) is 1.37. The second-order valence-electron chi connectivity index (χ2n) is 3.95. The Morgan fingerprint density at radius 3 is 2.76 bits per heavy atom. The van der Waals surface area contributed by atoms with Crippen LogP contribution in [0.25, 0.3) is 11.3 Å². The molecular weight excluding hydrogens is 286 g/mol. The summed E-state index contributed by atoms with van der Waals surface area (Å²) in [5, 5.41) is 9.78. The second kappa shape index (κ2) is 6.16. The number of hydrogen-bond acceptors (Lipinski definition) is 5. The Balaban J connectivity index is 2.34. The highest BCUT2D eigenvalue weighted by atomic mass is 19.3. The molecule has 21 heavy (non-hydrogen) atoms. The zero-order valence-electron chi connectivity index (χ0n) is 11.0. The Bertz CT molecular complexity index is 645. The van der Waals surface area contributed by atoms with Crippen molar-refractivity contribution < 1.29 is 23.0 Å². The fourth-order valence-corrected chi connectivity index (χ4v) is 1.69. The molecule has 0 aliphatic carbocycles. The van der Waals surface area contributed by atoms with Crippen LogP contribution < -0.4 is 15.2 Å². The van der Waals surface area contributed by atoms with Gasteiger partial charge in [0.15, 0.2) is 17.2 Å². The largest absolute Gasteiger partial charge is 0.493 e. The molecule has 3 N–H and O–H groups in total. The molecule has 1 aromatic heterocycles. The van der Waals surface area contributed by atoms with Crippen LogP contribution in [0.15, 0.2) is 18.2 Å². The topological polar surface area (TPSA) is 103 Å². The SMILES string of the molecule is COc1cc(-c2n[nH]nc2C(N)=O)ccc1OCC(F)F. The number of hydrogen-bond donors (Lipinski definition) is 2. The monoisotopic (exact) mass is 298 g/mol. The van der Waals surface area contributed by atoms with E-state index in [1.54, 1.807) is 0 Å². The first-order valence-corrected chi connectivity index (χ1v) is 5.83. The minimum atomic E-state index is -2.59. The molecule has 0 unspecified atom stereocenters. The predicted octanol–water partition coefficient (Wildman–Crippen LogP) is 1.22. The molecule has 0 aliphatic heterocycles. The van der Waals surface area contributed by atoms with Crippen LogP contribution in [-0.4, -0.2) is 41.5 Å². The molecule has 0 saturated carbocycles. The number of rotatable bonds is 6. The standard InChI is InChI=1S/C12H12F2N4O3/c1-20-8-4-6(2-3-7(8)21-5-9(13)14)10-11(12(15)19)17-18-16-10/h2-4,9H,5H2,1H3,(H2,15,19)(H,16,17,18). The minimum Gasteiger partial charge on any atom is -0.493 e. The summed E-state index contributed by atoms with van der Waals surface area (Å²) >= 11 is 0. The van der Waals surface area contributed by atoms with Gasteiger partial charge in [-0.25, -0.2) is 8.78 Å². The summed E-state index contributed by atoms with van der Waals surface area (Å²) < 4.78 is 34.3. The lowest BCUT2D eigenvalue weighted by Crippen LogP contribution is -2.12. The fraction of sp³-hybridized carbons (Fsp3) is 0.250. The van der Waals surface area contributed by atoms with Crippen molar-refractivity contribution in [3.8, 4) is 22.8 Å². The van der Waals surface area contributed by atoms with Crippen molar-refractivity contribution in [2.24, 2.45) is 5.73 Å². The van der Waals surface area contributed by atoms with E-state index in [-0.39, 0.29) is 22.9 Å². The Morgan fingerprint density at radius 2 is 2.14 bits per heavy atom. The average Bonchev–Trinajstić information content (AvgIpc) is 2.94. The molecule has 0 aliphatic rings. The molecule has 2 rings (SSSR count). The maximum Gasteiger partial charge on any atom is 0.272 e. The highest BCUT2D eigenvalue weighted by Gasteiger charge is 2.17. The normalized spacial score (nSPS) is 10.7. The summed E-state index contributed by atoms with van der Waals surface area (Å²) in [6.07, 6.45) is -2.59. The number of ether oxygens (including phenoxy) is 2. The number of aromatic amines is 1. The van der Waals surface area contributed by atoms with Gasteiger partial charge in [0.1, 0.15) is 12.3 Å². The summed E-state index contributed by atoms with van der Waals surface area (Å²) in [6, 6.07) is 4.47. The van der Waals surface area contributed by atoms with Crippen molar-refractivity contribution in [1.29, 1.82) is 0 Å². The number of nitrogens with one attached hydrogen (secondary N) is 1. The number of nitrogens with zero attached hydrogens (tertiary/aromatic N) is 2. The van der Waals surface area contributed by atoms with Gasteiger partial charge in [0.05, 0.1) is 7.11 Å². The van der Waals surface area contributed by atoms with E-state index >= 15 is 0 Å². The molecule has 112 valence electrons. The van der Waals surface area contributed by atoms with Gasteiger partial charge in [0.25, 0.3) is 12.3 Å². The van der Waals surface area contributed by atoms with Crippen LogP contribution in [0.3, 0.4) is 0 Å². The van der Waals surface area contributed by atoms with Gasteiger partial charge in [-0.15, -0.1) is 0 Å². The van der Waals surface area contributed by atoms with E-state index in [4.69, 9.17) is 15.2 Å². The van der Waals surface area contributed by atoms with Crippen molar-refractivity contribution >= 4 is 5.91 Å². The van der Waals surface area contributed by atoms with Crippen LogP contribution in [0.1, 0.15) is 10.5 Å². The number of aromatic nitrogens is 3. The molecule has 2 aromatic rings. The third kappa shape index (κ3) is 3.25. The lowest BCUT2D eigenvalue weighted by molar-refractivity contribution is 0.0804. The maximum atomic E-state index is 12.2. The number of carbonyl (C=O) groups excluding carboxylic acids is 1. The van der Waals surface area contributed by atoms with Crippen LogP contribution >= 0.6 is 0 Å². The molecule has 0 radical (unpaired) electrons. The third-order valence-electron chi connectivity index (χ3n) is 2.58. The smallest absolute Gasteiger partial charge is 0.272 e. The first kappa shape index (κ1) is 14.7. The number of amides is 1. The van der Waals surface area contributed by atoms with Gasteiger partial charge >= 0.3 is 0 Å². The van der Waals surface area contributed by atoms with E-state index in [9.17, 15) is 13.6 Å². The number of methoxy groups -OCH3 is 1. The number of nitrogens with two attached hydrogens (primary N) is 1. The van der Waals surface area contributed by atoms with Gasteiger partial charge in [-0.1, -0.05) is 0 Å². The highest BCUT2D eigenvalue weighted by molar-refractivity contribution is 5.96. The summed E-state index contributed by atoms with van der Waals surface area (Å²) in [5.41, 5.74) is 5.87. The highest BCUT2D eigenvalue weighted by Crippen LogP contribution is 2.32. The number of carbonyl (C=O) groups is 1. The molecule has 0 spiro atoms. The molecule has 0 atom stereocenters. The lowest BCUT2D eigenvalue weighted by atomic mass is 10.1. The molecule has 0 fully saturated rings. The van der Waals surface area contributed by atoms with Crippen molar-refractivity contribution in [3.63, 3.8) is 0 Å². The number of benzene rings is 1. The molecular formula is C12H12F2N4O3. The van der Waals surface area contributed by atoms with E-state index in [2.05, 4.69) is 15.4 Å². The quantitative estimate of drug-likeness (QED) is 0.834. The number of primary amides is 1. The van der Waals surface area contributed by atoms with Gasteiger partial charge in [-0.3, -0.25) is 4.79 Å². The van der Waals surface area contributed by atoms with E-state index in [0.29, 0.717) is 5.56 Å². The van der Waals surface area contributed by atoms with Crippen LogP contribution in [-0.2, 0) is 0 Å². The van der Waals surface area contributed by atoms with E-state index in [0.717, 1.165) is 0 Å². The predicted molar refractivity (Wildman–Crippen MR) is 68.4 cm³/mol. The van der Waals surface area contributed by atoms with E-state index < -0.39 is 18.9 Å². The van der Waals surface area contributed by atoms with Gasteiger partial charge in [-0.05, 0) is 18.2 Å². The first-order valence-electron chi connectivity index (χ1n) is 5.83. The van der Waals surface area contributed by atoms with Crippen LogP contribution in [0, 0.1) is 0 Å².